The van der Waals surface area contributed by atoms with Crippen LogP contribution in [0.15, 0.2) is 18.3 Å². The molecule has 0 radical (unpaired) electrons. The minimum atomic E-state index is -0.457. The molecule has 0 saturated heterocycles. The maximum Gasteiger partial charge on any atom is 0.272 e. The Balaban J connectivity index is 2.11. The van der Waals surface area contributed by atoms with E-state index in [4.69, 9.17) is 5.26 Å². The number of carbonyl (C=O) groups is 1. The van der Waals surface area contributed by atoms with E-state index in [1.165, 1.54) is 6.20 Å². The molecule has 1 aliphatic rings. The van der Waals surface area contributed by atoms with Gasteiger partial charge in [0.15, 0.2) is 0 Å². The zero-order chi connectivity index (χ0) is 13.8. The average Bonchev–Trinajstić information content (AvgIpc) is 2.46. The van der Waals surface area contributed by atoms with Crippen molar-refractivity contribution in [3.63, 3.8) is 0 Å². The van der Waals surface area contributed by atoms with Gasteiger partial charge >= 0.3 is 0 Å². The van der Waals surface area contributed by atoms with Gasteiger partial charge in [0.2, 0.25) is 0 Å². The van der Waals surface area contributed by atoms with Crippen LogP contribution >= 0.6 is 0 Å². The fourth-order valence-electron chi connectivity index (χ4n) is 2.46. The van der Waals surface area contributed by atoms with Crippen molar-refractivity contribution >= 4 is 5.91 Å². The summed E-state index contributed by atoms with van der Waals surface area (Å²) in [6, 6.07) is 4.95. The van der Waals surface area contributed by atoms with E-state index in [0.717, 1.165) is 25.7 Å². The van der Waals surface area contributed by atoms with E-state index in [-0.39, 0.29) is 11.9 Å². The van der Waals surface area contributed by atoms with Crippen molar-refractivity contribution in [2.24, 2.45) is 0 Å². The third kappa shape index (κ3) is 2.91. The van der Waals surface area contributed by atoms with Crippen LogP contribution in [0.2, 0.25) is 0 Å². The molecule has 1 aliphatic carbocycles. The molecule has 1 N–H and O–H groups in total. The summed E-state index contributed by atoms with van der Waals surface area (Å²) < 4.78 is 0. The normalized spacial score (nSPS) is 22.6. The van der Waals surface area contributed by atoms with E-state index in [0.29, 0.717) is 11.3 Å². The number of rotatable bonds is 2. The van der Waals surface area contributed by atoms with E-state index in [9.17, 15) is 9.90 Å². The Morgan fingerprint density at radius 1 is 1.47 bits per heavy atom. The number of aliphatic hydroxyl groups excluding tert-OH is 1. The Bertz CT molecular complexity index is 492. The zero-order valence-corrected chi connectivity index (χ0v) is 10.9. The summed E-state index contributed by atoms with van der Waals surface area (Å²) in [7, 11) is 1.70. The molecule has 2 unspecified atom stereocenters. The molecule has 0 aromatic carbocycles. The number of amides is 1. The third-order valence-corrected chi connectivity index (χ3v) is 3.62. The highest BCUT2D eigenvalue weighted by atomic mass is 16.3. The Morgan fingerprint density at radius 3 is 2.79 bits per heavy atom. The number of aromatic nitrogens is 1. The molecule has 1 saturated carbocycles. The zero-order valence-electron chi connectivity index (χ0n) is 10.9. The minimum Gasteiger partial charge on any atom is -0.391 e. The van der Waals surface area contributed by atoms with Gasteiger partial charge in [0.25, 0.3) is 5.91 Å². The van der Waals surface area contributed by atoms with Crippen LogP contribution in [0.25, 0.3) is 0 Å². The molecule has 0 spiro atoms. The second-order valence-electron chi connectivity index (χ2n) is 4.88. The van der Waals surface area contributed by atoms with Crippen molar-refractivity contribution in [3.8, 4) is 6.07 Å². The van der Waals surface area contributed by atoms with Gasteiger partial charge in [0.05, 0.1) is 17.7 Å². The van der Waals surface area contributed by atoms with Crippen LogP contribution in [0, 0.1) is 11.3 Å². The SMILES string of the molecule is CN(C(=O)c1ccc(C#N)cn1)C1CCCCC1O. The van der Waals surface area contributed by atoms with E-state index in [2.05, 4.69) is 4.98 Å². The molecule has 100 valence electrons. The molecule has 1 aromatic rings. The van der Waals surface area contributed by atoms with Crippen molar-refractivity contribution in [2.75, 3.05) is 7.05 Å². The largest absolute Gasteiger partial charge is 0.391 e. The predicted molar refractivity (Wildman–Crippen MR) is 69.3 cm³/mol. The van der Waals surface area contributed by atoms with Crippen molar-refractivity contribution in [2.45, 2.75) is 37.8 Å². The molecule has 5 nitrogen and oxygen atoms in total. The predicted octanol–water partition coefficient (Wildman–Crippen LogP) is 1.33. The number of hydrogen-bond acceptors (Lipinski definition) is 4. The van der Waals surface area contributed by atoms with Gasteiger partial charge in [-0.2, -0.15) is 5.26 Å². The highest BCUT2D eigenvalue weighted by Crippen LogP contribution is 2.23. The maximum atomic E-state index is 12.3. The first-order chi connectivity index (χ1) is 9.13. The van der Waals surface area contributed by atoms with Crippen LogP contribution in [0.3, 0.4) is 0 Å². The van der Waals surface area contributed by atoms with Crippen molar-refractivity contribution < 1.29 is 9.90 Å². The fourth-order valence-corrected chi connectivity index (χ4v) is 2.46. The molecular formula is C14H17N3O2. The number of nitriles is 1. The number of likely N-dealkylation sites (N-methyl/N-ethyl adjacent to an activating group) is 1. The van der Waals surface area contributed by atoms with E-state index >= 15 is 0 Å². The van der Waals surface area contributed by atoms with E-state index < -0.39 is 6.10 Å². The monoisotopic (exact) mass is 259 g/mol. The quantitative estimate of drug-likeness (QED) is 0.869. The molecule has 1 amide bonds. The van der Waals surface area contributed by atoms with Gasteiger partial charge in [-0.05, 0) is 25.0 Å². The van der Waals surface area contributed by atoms with Gasteiger partial charge in [-0.3, -0.25) is 4.79 Å². The third-order valence-electron chi connectivity index (χ3n) is 3.62. The summed E-state index contributed by atoms with van der Waals surface area (Å²) in [5, 5.41) is 18.7. The van der Waals surface area contributed by atoms with Gasteiger partial charge < -0.3 is 10.0 Å². The van der Waals surface area contributed by atoms with Crippen LogP contribution in [0.4, 0.5) is 0 Å². The minimum absolute atomic E-state index is 0.140. The number of aliphatic hydroxyl groups is 1. The molecule has 0 aliphatic heterocycles. The first kappa shape index (κ1) is 13.5. The molecule has 19 heavy (non-hydrogen) atoms. The topological polar surface area (TPSA) is 77.2 Å². The van der Waals surface area contributed by atoms with Gasteiger partial charge in [-0.1, -0.05) is 12.8 Å². The van der Waals surface area contributed by atoms with Gasteiger partial charge in [0, 0.05) is 13.2 Å². The van der Waals surface area contributed by atoms with E-state index in [1.54, 1.807) is 24.1 Å². The van der Waals surface area contributed by atoms with Crippen LogP contribution < -0.4 is 0 Å². The van der Waals surface area contributed by atoms with Crippen LogP contribution in [-0.2, 0) is 0 Å². The smallest absolute Gasteiger partial charge is 0.272 e. The fraction of sp³-hybridized carbons (Fsp3) is 0.500. The average molecular weight is 259 g/mol. The van der Waals surface area contributed by atoms with Gasteiger partial charge in [0.1, 0.15) is 11.8 Å². The molecule has 5 heteroatoms. The first-order valence-corrected chi connectivity index (χ1v) is 6.45. The molecule has 1 aromatic heterocycles. The second-order valence-corrected chi connectivity index (χ2v) is 4.88. The second kappa shape index (κ2) is 5.81. The Labute approximate surface area is 112 Å². The molecular weight excluding hydrogens is 242 g/mol. The van der Waals surface area contributed by atoms with E-state index in [1.807, 2.05) is 6.07 Å². The highest BCUT2D eigenvalue weighted by molar-refractivity contribution is 5.92. The lowest BCUT2D eigenvalue weighted by Gasteiger charge is -2.35. The summed E-state index contributed by atoms with van der Waals surface area (Å²) in [6.07, 6.45) is 4.52. The first-order valence-electron chi connectivity index (χ1n) is 6.45. The number of pyridine rings is 1. The summed E-state index contributed by atoms with van der Waals surface area (Å²) in [5.41, 5.74) is 0.733. The molecule has 1 fully saturated rings. The van der Waals surface area contributed by atoms with Gasteiger partial charge in [-0.15, -0.1) is 0 Å². The molecule has 2 atom stereocenters. The number of hydrogen-bond donors (Lipinski definition) is 1. The van der Waals surface area contributed by atoms with Crippen LogP contribution in [-0.4, -0.2) is 40.1 Å². The van der Waals surface area contributed by atoms with Crippen LogP contribution in [0.1, 0.15) is 41.7 Å². The molecule has 0 bridgehead atoms. The Kier molecular flexibility index (Phi) is 4.13. The van der Waals surface area contributed by atoms with Crippen molar-refractivity contribution in [3.05, 3.63) is 29.6 Å². The van der Waals surface area contributed by atoms with Gasteiger partial charge in [-0.25, -0.2) is 4.98 Å². The number of carbonyl (C=O) groups excluding carboxylic acids is 1. The number of nitrogens with zero attached hydrogens (tertiary/aromatic N) is 3. The van der Waals surface area contributed by atoms with Crippen LogP contribution in [0.5, 0.6) is 0 Å². The summed E-state index contributed by atoms with van der Waals surface area (Å²) in [4.78, 5) is 17.8. The highest BCUT2D eigenvalue weighted by Gasteiger charge is 2.30. The summed E-state index contributed by atoms with van der Waals surface area (Å²) in [6.45, 7) is 0. The lowest BCUT2D eigenvalue weighted by atomic mass is 9.91. The standard InChI is InChI=1S/C14H17N3O2/c1-17(12-4-2-3-5-13(12)18)14(19)11-7-6-10(8-15)9-16-11/h6-7,9,12-13,18H,2-5H2,1H3. The summed E-state index contributed by atoms with van der Waals surface area (Å²) in [5.74, 6) is -0.213. The lowest BCUT2D eigenvalue weighted by Crippen LogP contribution is -2.46. The Hall–Kier alpha value is -1.93. The lowest BCUT2D eigenvalue weighted by molar-refractivity contribution is 0.0264. The molecule has 1 heterocycles. The Morgan fingerprint density at radius 2 is 2.21 bits per heavy atom. The van der Waals surface area contributed by atoms with Crippen molar-refractivity contribution in [1.82, 2.24) is 9.88 Å². The van der Waals surface area contributed by atoms with Crippen molar-refractivity contribution in [1.29, 1.82) is 5.26 Å². The molecule has 2 rings (SSSR count). The summed E-state index contributed by atoms with van der Waals surface area (Å²) >= 11 is 0. The maximum absolute atomic E-state index is 12.3.